The number of aryl methyl sites for hydroxylation is 2. The van der Waals surface area contributed by atoms with Crippen LogP contribution in [0.25, 0.3) is 0 Å². The summed E-state index contributed by atoms with van der Waals surface area (Å²) in [5.74, 6) is -0.731. The van der Waals surface area contributed by atoms with Crippen LogP contribution < -0.4 is 9.62 Å². The molecule has 0 aliphatic heterocycles. The van der Waals surface area contributed by atoms with Gasteiger partial charge >= 0.3 is 0 Å². The highest BCUT2D eigenvalue weighted by atomic mass is 32.2. The predicted molar refractivity (Wildman–Crippen MR) is 152 cm³/mol. The summed E-state index contributed by atoms with van der Waals surface area (Å²) in [7, 11) is -3.79. The maximum atomic E-state index is 14.0. The molecule has 3 rings (SSSR count). The molecule has 0 fully saturated rings. The molecule has 0 heterocycles. The van der Waals surface area contributed by atoms with Crippen molar-refractivity contribution in [1.82, 2.24) is 10.2 Å². The number of likely N-dealkylation sites (N-methyl/N-ethyl adjacent to an activating group) is 1. The number of rotatable bonds is 12. The Morgan fingerprint density at radius 3 is 2.11 bits per heavy atom. The quantitative estimate of drug-likeness (QED) is 0.378. The zero-order valence-corrected chi connectivity index (χ0v) is 23.4. The Kier molecular flexibility index (Phi) is 10.1. The third-order valence-electron chi connectivity index (χ3n) is 6.42. The highest BCUT2D eigenvalue weighted by molar-refractivity contribution is 7.92. The van der Waals surface area contributed by atoms with E-state index in [0.29, 0.717) is 25.1 Å². The van der Waals surface area contributed by atoms with Crippen LogP contribution in [0.15, 0.2) is 78.9 Å². The van der Waals surface area contributed by atoms with Crippen molar-refractivity contribution >= 4 is 27.5 Å². The van der Waals surface area contributed by atoms with E-state index in [0.717, 1.165) is 32.8 Å². The Labute approximate surface area is 226 Å². The first-order valence-electron chi connectivity index (χ1n) is 12.9. The van der Waals surface area contributed by atoms with Gasteiger partial charge in [-0.3, -0.25) is 13.9 Å². The van der Waals surface area contributed by atoms with Gasteiger partial charge in [0, 0.05) is 19.5 Å². The summed E-state index contributed by atoms with van der Waals surface area (Å²) in [4.78, 5) is 28.9. The van der Waals surface area contributed by atoms with E-state index in [9.17, 15) is 18.0 Å². The molecule has 0 radical (unpaired) electrons. The zero-order valence-electron chi connectivity index (χ0n) is 22.6. The molecule has 0 saturated carbocycles. The molecule has 3 aromatic rings. The minimum atomic E-state index is -3.79. The van der Waals surface area contributed by atoms with Gasteiger partial charge in [-0.05, 0) is 43.0 Å². The number of carbonyl (C=O) groups is 2. The largest absolute Gasteiger partial charge is 0.355 e. The SMILES string of the molecule is CCNC(=O)[C@@H](Cc1ccccc1)N(Cc1ccc(C)cc1)C(=O)CN(c1ccccc1CC)S(C)(=O)=O. The van der Waals surface area contributed by atoms with Crippen LogP contribution in [0.1, 0.15) is 36.1 Å². The Morgan fingerprint density at radius 1 is 0.868 bits per heavy atom. The topological polar surface area (TPSA) is 86.8 Å². The van der Waals surface area contributed by atoms with E-state index in [1.165, 1.54) is 4.90 Å². The summed E-state index contributed by atoms with van der Waals surface area (Å²) in [5.41, 5.74) is 4.13. The molecule has 0 spiro atoms. The Morgan fingerprint density at radius 2 is 1.50 bits per heavy atom. The second kappa shape index (κ2) is 13.2. The molecule has 202 valence electrons. The first-order chi connectivity index (χ1) is 18.1. The Bertz CT molecular complexity index is 1330. The van der Waals surface area contributed by atoms with Gasteiger partial charge in [0.05, 0.1) is 11.9 Å². The number of anilines is 1. The Balaban J connectivity index is 2.05. The van der Waals surface area contributed by atoms with Gasteiger partial charge in [0.25, 0.3) is 0 Å². The second-order valence-electron chi connectivity index (χ2n) is 9.36. The average molecular weight is 536 g/mol. The molecule has 0 bridgehead atoms. The lowest BCUT2D eigenvalue weighted by molar-refractivity contribution is -0.140. The molecule has 0 saturated heterocycles. The van der Waals surface area contributed by atoms with Crippen LogP contribution in [0.3, 0.4) is 0 Å². The normalized spacial score (nSPS) is 12.0. The minimum absolute atomic E-state index is 0.167. The predicted octanol–water partition coefficient (Wildman–Crippen LogP) is 4.10. The van der Waals surface area contributed by atoms with Crippen molar-refractivity contribution in [3.63, 3.8) is 0 Å². The van der Waals surface area contributed by atoms with Crippen LogP contribution in [-0.4, -0.2) is 50.5 Å². The van der Waals surface area contributed by atoms with E-state index in [-0.39, 0.29) is 12.5 Å². The summed E-state index contributed by atoms with van der Waals surface area (Å²) < 4.78 is 27.0. The Hall–Kier alpha value is -3.65. The second-order valence-corrected chi connectivity index (χ2v) is 11.3. The van der Waals surface area contributed by atoms with Gasteiger partial charge in [-0.2, -0.15) is 0 Å². The maximum absolute atomic E-state index is 14.0. The van der Waals surface area contributed by atoms with Crippen molar-refractivity contribution < 1.29 is 18.0 Å². The number of hydrogen-bond acceptors (Lipinski definition) is 4. The smallest absolute Gasteiger partial charge is 0.244 e. The van der Waals surface area contributed by atoms with Crippen LogP contribution in [0.4, 0.5) is 5.69 Å². The highest BCUT2D eigenvalue weighted by Gasteiger charge is 2.33. The molecule has 0 unspecified atom stereocenters. The van der Waals surface area contributed by atoms with Gasteiger partial charge in [0.2, 0.25) is 21.8 Å². The number of para-hydroxylation sites is 1. The van der Waals surface area contributed by atoms with Gasteiger partial charge in [-0.1, -0.05) is 85.3 Å². The summed E-state index contributed by atoms with van der Waals surface area (Å²) >= 11 is 0. The molecular weight excluding hydrogens is 498 g/mol. The average Bonchev–Trinajstić information content (AvgIpc) is 2.90. The highest BCUT2D eigenvalue weighted by Crippen LogP contribution is 2.24. The summed E-state index contributed by atoms with van der Waals surface area (Å²) in [6, 6.07) is 23.6. The first kappa shape index (κ1) is 28.9. The summed E-state index contributed by atoms with van der Waals surface area (Å²) in [6.07, 6.45) is 2.01. The molecule has 38 heavy (non-hydrogen) atoms. The van der Waals surface area contributed by atoms with E-state index in [1.54, 1.807) is 12.1 Å². The van der Waals surface area contributed by atoms with Gasteiger partial charge in [-0.25, -0.2) is 8.42 Å². The molecule has 7 nitrogen and oxygen atoms in total. The van der Waals surface area contributed by atoms with Crippen molar-refractivity contribution in [1.29, 1.82) is 0 Å². The van der Waals surface area contributed by atoms with E-state index in [4.69, 9.17) is 0 Å². The number of carbonyl (C=O) groups excluding carboxylic acids is 2. The number of benzene rings is 3. The molecular formula is C30H37N3O4S. The number of nitrogens with zero attached hydrogens (tertiary/aromatic N) is 2. The fourth-order valence-electron chi connectivity index (χ4n) is 4.38. The van der Waals surface area contributed by atoms with Crippen LogP contribution in [0.5, 0.6) is 0 Å². The summed E-state index contributed by atoms with van der Waals surface area (Å²) in [5, 5.41) is 2.86. The number of nitrogens with one attached hydrogen (secondary N) is 1. The van der Waals surface area contributed by atoms with Crippen molar-refractivity contribution in [2.45, 2.75) is 46.2 Å². The van der Waals surface area contributed by atoms with E-state index in [2.05, 4.69) is 5.32 Å². The van der Waals surface area contributed by atoms with Gasteiger partial charge < -0.3 is 10.2 Å². The fraction of sp³-hybridized carbons (Fsp3) is 0.333. The van der Waals surface area contributed by atoms with E-state index < -0.39 is 28.5 Å². The molecule has 0 aliphatic carbocycles. The number of hydrogen-bond donors (Lipinski definition) is 1. The van der Waals surface area contributed by atoms with Crippen molar-refractivity contribution in [2.75, 3.05) is 23.7 Å². The van der Waals surface area contributed by atoms with Crippen molar-refractivity contribution in [2.24, 2.45) is 0 Å². The monoisotopic (exact) mass is 535 g/mol. The molecule has 8 heteroatoms. The van der Waals surface area contributed by atoms with Crippen LogP contribution in [0, 0.1) is 6.92 Å². The van der Waals surface area contributed by atoms with Gasteiger partial charge in [-0.15, -0.1) is 0 Å². The molecule has 3 aromatic carbocycles. The van der Waals surface area contributed by atoms with Gasteiger partial charge in [0.15, 0.2) is 0 Å². The molecule has 0 aromatic heterocycles. The van der Waals surface area contributed by atoms with Crippen molar-refractivity contribution in [3.05, 3.63) is 101 Å². The van der Waals surface area contributed by atoms with E-state index in [1.807, 2.05) is 87.5 Å². The molecule has 1 N–H and O–H groups in total. The van der Waals surface area contributed by atoms with E-state index >= 15 is 0 Å². The third-order valence-corrected chi connectivity index (χ3v) is 7.54. The molecule has 1 atom stereocenters. The van der Waals surface area contributed by atoms with Crippen molar-refractivity contribution in [3.8, 4) is 0 Å². The van der Waals surface area contributed by atoms with Crippen LogP contribution in [0.2, 0.25) is 0 Å². The first-order valence-corrected chi connectivity index (χ1v) is 14.7. The van der Waals surface area contributed by atoms with Crippen LogP contribution >= 0.6 is 0 Å². The lowest BCUT2D eigenvalue weighted by Crippen LogP contribution is -2.53. The number of sulfonamides is 1. The lowest BCUT2D eigenvalue weighted by Gasteiger charge is -2.34. The standard InChI is InChI=1S/C30H37N3O4S/c1-5-26-14-10-11-15-27(26)33(38(4,36)37)22-29(34)32(21-25-18-16-23(3)17-19-25)28(30(35)31-6-2)20-24-12-8-7-9-13-24/h7-19,28H,5-6,20-22H2,1-4H3,(H,31,35)/t28-/m1/s1. The molecule has 2 amide bonds. The number of amides is 2. The molecule has 0 aliphatic rings. The lowest BCUT2D eigenvalue weighted by atomic mass is 10.0. The maximum Gasteiger partial charge on any atom is 0.244 e. The minimum Gasteiger partial charge on any atom is -0.355 e. The fourth-order valence-corrected chi connectivity index (χ4v) is 5.26. The van der Waals surface area contributed by atoms with Crippen LogP contribution in [-0.2, 0) is 39.0 Å². The third kappa shape index (κ3) is 7.68. The van der Waals surface area contributed by atoms with Gasteiger partial charge in [0.1, 0.15) is 12.6 Å². The summed E-state index contributed by atoms with van der Waals surface area (Å²) in [6.45, 7) is 5.92. The zero-order chi connectivity index (χ0) is 27.7.